The molecule has 0 aliphatic heterocycles. The van der Waals surface area contributed by atoms with E-state index in [2.05, 4.69) is 10.3 Å². The van der Waals surface area contributed by atoms with Crippen molar-refractivity contribution in [3.05, 3.63) is 71.9 Å². The molecule has 0 saturated heterocycles. The molecule has 0 aliphatic carbocycles. The number of amides is 2. The zero-order valence-corrected chi connectivity index (χ0v) is 14.9. The Kier molecular flexibility index (Phi) is 5.27. The SMILES string of the molecule is CC(=O)N(CCNC(=O)c1cccc(C)c1)c1cccc2cccnc12. The number of nitrogens with one attached hydrogen (secondary N) is 1. The first kappa shape index (κ1) is 17.6. The molecule has 132 valence electrons. The standard InChI is InChI=1S/C21H21N3O2/c1-15-6-3-8-18(14-15)21(26)23-12-13-24(16(2)25)19-10-4-7-17-9-5-11-22-20(17)19/h3-11,14H,12-13H2,1-2H3,(H,23,26). The van der Waals surface area contributed by atoms with Crippen LogP contribution in [0.25, 0.3) is 10.9 Å². The Labute approximate surface area is 152 Å². The quantitative estimate of drug-likeness (QED) is 0.770. The molecule has 0 atom stereocenters. The fourth-order valence-electron chi connectivity index (χ4n) is 2.92. The molecule has 5 nitrogen and oxygen atoms in total. The van der Waals surface area contributed by atoms with Gasteiger partial charge in [0.1, 0.15) is 0 Å². The zero-order valence-electron chi connectivity index (χ0n) is 14.9. The molecule has 2 aromatic carbocycles. The first-order valence-corrected chi connectivity index (χ1v) is 8.53. The highest BCUT2D eigenvalue weighted by atomic mass is 16.2. The molecule has 1 heterocycles. The second-order valence-corrected chi connectivity index (χ2v) is 6.15. The molecule has 0 spiro atoms. The van der Waals surface area contributed by atoms with Gasteiger partial charge < -0.3 is 10.2 Å². The maximum atomic E-state index is 12.3. The summed E-state index contributed by atoms with van der Waals surface area (Å²) < 4.78 is 0. The number of carbonyl (C=O) groups excluding carboxylic acids is 2. The van der Waals surface area contributed by atoms with Gasteiger partial charge in [-0.15, -0.1) is 0 Å². The van der Waals surface area contributed by atoms with E-state index in [0.717, 1.165) is 22.2 Å². The molecule has 26 heavy (non-hydrogen) atoms. The maximum absolute atomic E-state index is 12.3. The summed E-state index contributed by atoms with van der Waals surface area (Å²) in [5.74, 6) is -0.235. The molecule has 5 heteroatoms. The van der Waals surface area contributed by atoms with E-state index in [1.165, 1.54) is 6.92 Å². The molecule has 0 saturated carbocycles. The number of carbonyl (C=O) groups is 2. The fraction of sp³-hybridized carbons (Fsp3) is 0.190. The van der Waals surface area contributed by atoms with Gasteiger partial charge in [-0.1, -0.05) is 35.9 Å². The Hall–Kier alpha value is -3.21. The van der Waals surface area contributed by atoms with Crippen molar-refractivity contribution in [2.45, 2.75) is 13.8 Å². The van der Waals surface area contributed by atoms with Gasteiger partial charge in [0, 0.05) is 37.2 Å². The minimum absolute atomic E-state index is 0.0899. The number of aromatic nitrogens is 1. The van der Waals surface area contributed by atoms with Crippen LogP contribution in [-0.2, 0) is 4.79 Å². The van der Waals surface area contributed by atoms with Crippen LogP contribution in [0.2, 0.25) is 0 Å². The van der Waals surface area contributed by atoms with Crippen molar-refractivity contribution >= 4 is 28.4 Å². The average molecular weight is 347 g/mol. The third-order valence-corrected chi connectivity index (χ3v) is 4.18. The normalized spacial score (nSPS) is 10.5. The lowest BCUT2D eigenvalue weighted by atomic mass is 10.1. The average Bonchev–Trinajstić information content (AvgIpc) is 2.64. The molecule has 0 bridgehead atoms. The first-order chi connectivity index (χ1) is 12.6. The molecule has 0 aliphatic rings. The van der Waals surface area contributed by atoms with Gasteiger partial charge in [-0.3, -0.25) is 14.6 Å². The van der Waals surface area contributed by atoms with Crippen molar-refractivity contribution in [1.29, 1.82) is 0 Å². The first-order valence-electron chi connectivity index (χ1n) is 8.53. The second-order valence-electron chi connectivity index (χ2n) is 6.15. The van der Waals surface area contributed by atoms with Gasteiger partial charge in [0.2, 0.25) is 5.91 Å². The van der Waals surface area contributed by atoms with Gasteiger partial charge in [0.25, 0.3) is 5.91 Å². The van der Waals surface area contributed by atoms with E-state index < -0.39 is 0 Å². The maximum Gasteiger partial charge on any atom is 0.251 e. The fourth-order valence-corrected chi connectivity index (χ4v) is 2.92. The molecule has 2 amide bonds. The van der Waals surface area contributed by atoms with E-state index in [9.17, 15) is 9.59 Å². The summed E-state index contributed by atoms with van der Waals surface area (Å²) in [5.41, 5.74) is 3.17. The summed E-state index contributed by atoms with van der Waals surface area (Å²) >= 11 is 0. The van der Waals surface area contributed by atoms with Gasteiger partial charge >= 0.3 is 0 Å². The number of pyridine rings is 1. The van der Waals surface area contributed by atoms with Crippen LogP contribution in [0.5, 0.6) is 0 Å². The van der Waals surface area contributed by atoms with Crippen molar-refractivity contribution in [3.63, 3.8) is 0 Å². The number of anilines is 1. The summed E-state index contributed by atoms with van der Waals surface area (Å²) in [4.78, 5) is 30.5. The van der Waals surface area contributed by atoms with Crippen molar-refractivity contribution in [1.82, 2.24) is 10.3 Å². The number of benzene rings is 2. The van der Waals surface area contributed by atoms with Crippen LogP contribution in [-0.4, -0.2) is 29.9 Å². The monoisotopic (exact) mass is 347 g/mol. The van der Waals surface area contributed by atoms with E-state index in [1.54, 1.807) is 17.2 Å². The highest BCUT2D eigenvalue weighted by molar-refractivity contribution is 6.01. The molecule has 1 aromatic heterocycles. The molecular formula is C21H21N3O2. The lowest BCUT2D eigenvalue weighted by Crippen LogP contribution is -2.37. The van der Waals surface area contributed by atoms with Gasteiger partial charge in [-0.25, -0.2) is 0 Å². The van der Waals surface area contributed by atoms with Crippen LogP contribution >= 0.6 is 0 Å². The third kappa shape index (κ3) is 3.88. The van der Waals surface area contributed by atoms with Gasteiger partial charge in [0.15, 0.2) is 0 Å². The van der Waals surface area contributed by atoms with E-state index in [0.29, 0.717) is 18.7 Å². The van der Waals surface area contributed by atoms with Gasteiger partial charge in [0.05, 0.1) is 11.2 Å². The lowest BCUT2D eigenvalue weighted by molar-refractivity contribution is -0.116. The largest absolute Gasteiger partial charge is 0.350 e. The molecule has 0 fully saturated rings. The van der Waals surface area contributed by atoms with Crippen LogP contribution in [0.4, 0.5) is 5.69 Å². The number of para-hydroxylation sites is 1. The van der Waals surface area contributed by atoms with Crippen LogP contribution in [0.3, 0.4) is 0 Å². The Bertz CT molecular complexity index is 947. The van der Waals surface area contributed by atoms with E-state index in [-0.39, 0.29) is 11.8 Å². The highest BCUT2D eigenvalue weighted by Gasteiger charge is 2.15. The summed E-state index contributed by atoms with van der Waals surface area (Å²) in [7, 11) is 0. The smallest absolute Gasteiger partial charge is 0.251 e. The van der Waals surface area contributed by atoms with Gasteiger partial charge in [-0.05, 0) is 31.2 Å². The summed E-state index contributed by atoms with van der Waals surface area (Å²) in [6.07, 6.45) is 1.71. The minimum atomic E-state index is -0.145. The van der Waals surface area contributed by atoms with E-state index >= 15 is 0 Å². The number of fused-ring (bicyclic) bond motifs is 1. The van der Waals surface area contributed by atoms with Crippen LogP contribution < -0.4 is 10.2 Å². The van der Waals surface area contributed by atoms with E-state index in [1.807, 2.05) is 55.5 Å². The Morgan fingerprint density at radius 2 is 1.85 bits per heavy atom. The third-order valence-electron chi connectivity index (χ3n) is 4.18. The summed E-state index contributed by atoms with van der Waals surface area (Å²) in [6.45, 7) is 4.20. The zero-order chi connectivity index (χ0) is 18.5. The van der Waals surface area contributed by atoms with Crippen molar-refractivity contribution in [3.8, 4) is 0 Å². The van der Waals surface area contributed by atoms with Crippen LogP contribution in [0.1, 0.15) is 22.8 Å². The molecule has 1 N–H and O–H groups in total. The Morgan fingerprint density at radius 1 is 1.08 bits per heavy atom. The number of hydrogen-bond donors (Lipinski definition) is 1. The molecule has 0 radical (unpaired) electrons. The van der Waals surface area contributed by atoms with Crippen molar-refractivity contribution in [2.75, 3.05) is 18.0 Å². The van der Waals surface area contributed by atoms with Crippen LogP contribution in [0, 0.1) is 6.92 Å². The second kappa shape index (κ2) is 7.78. The predicted octanol–water partition coefficient (Wildman–Crippen LogP) is 3.33. The Morgan fingerprint density at radius 3 is 2.62 bits per heavy atom. The topological polar surface area (TPSA) is 62.3 Å². The number of hydrogen-bond acceptors (Lipinski definition) is 3. The number of rotatable bonds is 5. The lowest BCUT2D eigenvalue weighted by Gasteiger charge is -2.22. The summed E-state index contributed by atoms with van der Waals surface area (Å²) in [5, 5.41) is 3.85. The number of nitrogens with zero attached hydrogens (tertiary/aromatic N) is 2. The molecule has 3 rings (SSSR count). The Balaban J connectivity index is 1.73. The van der Waals surface area contributed by atoms with Crippen LogP contribution in [0.15, 0.2) is 60.8 Å². The highest BCUT2D eigenvalue weighted by Crippen LogP contribution is 2.24. The van der Waals surface area contributed by atoms with E-state index in [4.69, 9.17) is 0 Å². The molecule has 3 aromatic rings. The van der Waals surface area contributed by atoms with Crippen molar-refractivity contribution < 1.29 is 9.59 Å². The number of aryl methyl sites for hydroxylation is 1. The predicted molar refractivity (Wildman–Crippen MR) is 103 cm³/mol. The molecular weight excluding hydrogens is 326 g/mol. The van der Waals surface area contributed by atoms with Crippen molar-refractivity contribution in [2.24, 2.45) is 0 Å². The van der Waals surface area contributed by atoms with Gasteiger partial charge in [-0.2, -0.15) is 0 Å². The summed E-state index contributed by atoms with van der Waals surface area (Å²) in [6, 6.07) is 17.0. The minimum Gasteiger partial charge on any atom is -0.350 e. The molecule has 0 unspecified atom stereocenters.